The maximum absolute atomic E-state index is 10.5. The molecule has 0 spiro atoms. The van der Waals surface area contributed by atoms with Crippen molar-refractivity contribution in [3.05, 3.63) is 35.4 Å². The summed E-state index contributed by atoms with van der Waals surface area (Å²) in [6.45, 7) is 1.87. The number of aliphatic hydroxyl groups is 1. The first kappa shape index (κ1) is 9.74. The summed E-state index contributed by atoms with van der Waals surface area (Å²) in [5, 5.41) is 18.0. The molecule has 0 aliphatic heterocycles. The molecular weight excluding hydrogens is 168 g/mol. The van der Waals surface area contributed by atoms with Crippen LogP contribution in [0.2, 0.25) is 0 Å². The second-order valence-corrected chi connectivity index (χ2v) is 2.85. The molecule has 0 saturated heterocycles. The third kappa shape index (κ3) is 2.29. The molecule has 0 radical (unpaired) electrons. The predicted molar refractivity (Wildman–Crippen MR) is 48.7 cm³/mol. The molecule has 0 aliphatic rings. The summed E-state index contributed by atoms with van der Waals surface area (Å²) in [6.07, 6.45) is 0.134. The molecule has 0 bridgehead atoms. The van der Waals surface area contributed by atoms with Crippen molar-refractivity contribution in [2.45, 2.75) is 19.4 Å². The fourth-order valence-corrected chi connectivity index (χ4v) is 1.08. The Morgan fingerprint density at radius 1 is 1.38 bits per heavy atom. The van der Waals surface area contributed by atoms with E-state index in [9.17, 15) is 9.90 Å². The first-order valence-corrected chi connectivity index (χ1v) is 4.16. The average molecular weight is 180 g/mol. The van der Waals surface area contributed by atoms with Gasteiger partial charge in [0.15, 0.2) is 0 Å². The smallest absolute Gasteiger partial charge is 0.335 e. The highest BCUT2D eigenvalue weighted by atomic mass is 16.4. The standard InChI is InChI=1S/C10H12O3/c1-2-9(11)7-3-5-8(6-4-7)10(12)13/h3-6,9,11H,2H2,1H3,(H,12,13)/t9-/m0/s1. The van der Waals surface area contributed by atoms with E-state index in [0.29, 0.717) is 6.42 Å². The summed E-state index contributed by atoms with van der Waals surface area (Å²) < 4.78 is 0. The molecule has 0 heterocycles. The molecule has 0 unspecified atom stereocenters. The molecule has 1 aromatic rings. The van der Waals surface area contributed by atoms with E-state index in [2.05, 4.69) is 0 Å². The molecule has 0 saturated carbocycles. The van der Waals surface area contributed by atoms with E-state index in [0.717, 1.165) is 5.56 Å². The maximum atomic E-state index is 10.5. The number of carboxylic acids is 1. The van der Waals surface area contributed by atoms with E-state index in [1.807, 2.05) is 6.92 Å². The van der Waals surface area contributed by atoms with E-state index in [1.165, 1.54) is 12.1 Å². The van der Waals surface area contributed by atoms with Gasteiger partial charge in [-0.15, -0.1) is 0 Å². The highest BCUT2D eigenvalue weighted by molar-refractivity contribution is 5.87. The van der Waals surface area contributed by atoms with E-state index >= 15 is 0 Å². The fraction of sp³-hybridized carbons (Fsp3) is 0.300. The highest BCUT2D eigenvalue weighted by Gasteiger charge is 2.06. The lowest BCUT2D eigenvalue weighted by Gasteiger charge is -2.07. The summed E-state index contributed by atoms with van der Waals surface area (Å²) in [5.74, 6) is -0.947. The van der Waals surface area contributed by atoms with E-state index in [1.54, 1.807) is 12.1 Å². The van der Waals surface area contributed by atoms with Gasteiger partial charge < -0.3 is 10.2 Å². The SMILES string of the molecule is CC[C@H](O)c1ccc(C(=O)O)cc1. The topological polar surface area (TPSA) is 57.5 Å². The molecule has 1 atom stereocenters. The lowest BCUT2D eigenvalue weighted by Crippen LogP contribution is -1.98. The van der Waals surface area contributed by atoms with Crippen LogP contribution in [0.25, 0.3) is 0 Å². The Morgan fingerprint density at radius 2 is 1.92 bits per heavy atom. The van der Waals surface area contributed by atoms with Gasteiger partial charge in [-0.3, -0.25) is 0 Å². The zero-order chi connectivity index (χ0) is 9.84. The number of rotatable bonds is 3. The molecule has 3 nitrogen and oxygen atoms in total. The molecule has 0 aliphatic carbocycles. The van der Waals surface area contributed by atoms with Crippen molar-refractivity contribution in [3.8, 4) is 0 Å². The number of aromatic carboxylic acids is 1. The lowest BCUT2D eigenvalue weighted by atomic mass is 10.1. The predicted octanol–water partition coefficient (Wildman–Crippen LogP) is 1.83. The highest BCUT2D eigenvalue weighted by Crippen LogP contribution is 2.16. The van der Waals surface area contributed by atoms with Crippen molar-refractivity contribution in [1.29, 1.82) is 0 Å². The van der Waals surface area contributed by atoms with Crippen molar-refractivity contribution in [2.75, 3.05) is 0 Å². The summed E-state index contributed by atoms with van der Waals surface area (Å²) in [7, 11) is 0. The van der Waals surface area contributed by atoms with Gasteiger partial charge in [0.1, 0.15) is 0 Å². The third-order valence-corrected chi connectivity index (χ3v) is 1.93. The molecule has 0 fully saturated rings. The van der Waals surface area contributed by atoms with Crippen LogP contribution < -0.4 is 0 Å². The maximum Gasteiger partial charge on any atom is 0.335 e. The Bertz CT molecular complexity index is 290. The van der Waals surface area contributed by atoms with Crippen molar-refractivity contribution < 1.29 is 15.0 Å². The number of benzene rings is 1. The minimum absolute atomic E-state index is 0.243. The summed E-state index contributed by atoms with van der Waals surface area (Å²) in [4.78, 5) is 10.5. The summed E-state index contributed by atoms with van der Waals surface area (Å²) >= 11 is 0. The first-order chi connectivity index (χ1) is 6.15. The van der Waals surface area contributed by atoms with Crippen LogP contribution in [-0.2, 0) is 0 Å². The molecule has 2 N–H and O–H groups in total. The zero-order valence-corrected chi connectivity index (χ0v) is 7.40. The number of carbonyl (C=O) groups is 1. The van der Waals surface area contributed by atoms with Crippen molar-refractivity contribution in [2.24, 2.45) is 0 Å². The average Bonchev–Trinajstić information content (AvgIpc) is 2.17. The molecule has 0 amide bonds. The zero-order valence-electron chi connectivity index (χ0n) is 7.40. The van der Waals surface area contributed by atoms with Crippen LogP contribution in [0, 0.1) is 0 Å². The van der Waals surface area contributed by atoms with Crippen LogP contribution in [0.5, 0.6) is 0 Å². The number of carboxylic acid groups (broad SMARTS) is 1. The Morgan fingerprint density at radius 3 is 2.31 bits per heavy atom. The Hall–Kier alpha value is -1.35. The largest absolute Gasteiger partial charge is 0.478 e. The van der Waals surface area contributed by atoms with Gasteiger partial charge in [-0.25, -0.2) is 4.79 Å². The Labute approximate surface area is 76.6 Å². The molecule has 1 aromatic carbocycles. The Balaban J connectivity index is 2.87. The molecule has 3 heteroatoms. The normalized spacial score (nSPS) is 12.5. The fourth-order valence-electron chi connectivity index (χ4n) is 1.08. The van der Waals surface area contributed by atoms with E-state index in [-0.39, 0.29) is 5.56 Å². The second kappa shape index (κ2) is 4.05. The summed E-state index contributed by atoms with van der Waals surface area (Å²) in [5.41, 5.74) is 1.000. The van der Waals surface area contributed by atoms with Crippen LogP contribution >= 0.6 is 0 Å². The van der Waals surface area contributed by atoms with Gasteiger partial charge >= 0.3 is 5.97 Å². The first-order valence-electron chi connectivity index (χ1n) is 4.16. The van der Waals surface area contributed by atoms with Gasteiger partial charge in [0.2, 0.25) is 0 Å². The van der Waals surface area contributed by atoms with Crippen molar-refractivity contribution in [3.63, 3.8) is 0 Å². The number of hydrogen-bond acceptors (Lipinski definition) is 2. The minimum atomic E-state index is -0.947. The van der Waals surface area contributed by atoms with Gasteiger partial charge in [0.25, 0.3) is 0 Å². The second-order valence-electron chi connectivity index (χ2n) is 2.85. The van der Waals surface area contributed by atoms with Gasteiger partial charge in [-0.2, -0.15) is 0 Å². The molecule has 70 valence electrons. The van der Waals surface area contributed by atoms with Gasteiger partial charge in [0.05, 0.1) is 11.7 Å². The summed E-state index contributed by atoms with van der Waals surface area (Å²) in [6, 6.07) is 6.27. The van der Waals surface area contributed by atoms with E-state index < -0.39 is 12.1 Å². The van der Waals surface area contributed by atoms with E-state index in [4.69, 9.17) is 5.11 Å². The van der Waals surface area contributed by atoms with Crippen molar-refractivity contribution >= 4 is 5.97 Å². The molecule has 13 heavy (non-hydrogen) atoms. The quantitative estimate of drug-likeness (QED) is 0.746. The van der Waals surface area contributed by atoms with Crippen LogP contribution in [0.15, 0.2) is 24.3 Å². The van der Waals surface area contributed by atoms with Crippen LogP contribution in [0.1, 0.15) is 35.4 Å². The molecule has 1 rings (SSSR count). The van der Waals surface area contributed by atoms with Crippen LogP contribution in [-0.4, -0.2) is 16.2 Å². The van der Waals surface area contributed by atoms with Crippen molar-refractivity contribution in [1.82, 2.24) is 0 Å². The van der Waals surface area contributed by atoms with Gasteiger partial charge in [-0.05, 0) is 24.1 Å². The number of hydrogen-bond donors (Lipinski definition) is 2. The van der Waals surface area contributed by atoms with Crippen LogP contribution in [0.3, 0.4) is 0 Å². The third-order valence-electron chi connectivity index (χ3n) is 1.93. The minimum Gasteiger partial charge on any atom is -0.478 e. The van der Waals surface area contributed by atoms with Gasteiger partial charge in [0, 0.05) is 0 Å². The monoisotopic (exact) mass is 180 g/mol. The molecule has 0 aromatic heterocycles. The number of aliphatic hydroxyl groups excluding tert-OH is 1. The lowest BCUT2D eigenvalue weighted by molar-refractivity contribution is 0.0696. The van der Waals surface area contributed by atoms with Crippen LogP contribution in [0.4, 0.5) is 0 Å². The van der Waals surface area contributed by atoms with Gasteiger partial charge in [-0.1, -0.05) is 19.1 Å². The Kier molecular flexibility index (Phi) is 3.03. The molecular formula is C10H12O3.